The first kappa shape index (κ1) is 13.6. The topological polar surface area (TPSA) is 52.9 Å². The highest BCUT2D eigenvalue weighted by Crippen LogP contribution is 2.29. The number of carbonyl (C=O) groups is 1. The molecule has 2 amide bonds. The van der Waals surface area contributed by atoms with Crippen LogP contribution in [0.15, 0.2) is 53.5 Å². The first-order valence-corrected chi connectivity index (χ1v) is 6.96. The zero-order chi connectivity index (χ0) is 14.8. The van der Waals surface area contributed by atoms with Crippen molar-refractivity contribution in [2.45, 2.75) is 6.42 Å². The predicted octanol–water partition coefficient (Wildman–Crippen LogP) is 3.87. The van der Waals surface area contributed by atoms with Gasteiger partial charge in [-0.3, -0.25) is 4.90 Å². The van der Waals surface area contributed by atoms with Gasteiger partial charge in [0, 0.05) is 18.0 Å². The molecule has 0 radical (unpaired) electrons. The number of phenolic OH excluding ortho intramolecular Hbond substituents is 1. The van der Waals surface area contributed by atoms with Crippen molar-refractivity contribution in [3.8, 4) is 5.75 Å². The highest BCUT2D eigenvalue weighted by Gasteiger charge is 2.24. The van der Waals surface area contributed by atoms with Crippen LogP contribution in [0.1, 0.15) is 12.0 Å². The largest absolute Gasteiger partial charge is 0.506 e. The quantitative estimate of drug-likeness (QED) is 0.915. The van der Waals surface area contributed by atoms with Crippen LogP contribution in [-0.4, -0.2) is 23.4 Å². The van der Waals surface area contributed by atoms with Crippen molar-refractivity contribution < 1.29 is 9.90 Å². The summed E-state index contributed by atoms with van der Waals surface area (Å²) in [4.78, 5) is 17.8. The van der Waals surface area contributed by atoms with E-state index in [9.17, 15) is 9.90 Å². The summed E-state index contributed by atoms with van der Waals surface area (Å²) in [6, 6.07) is 13.7. The van der Waals surface area contributed by atoms with E-state index in [4.69, 9.17) is 11.6 Å². The number of aromatic hydroxyl groups is 1. The Kier molecular flexibility index (Phi) is 3.62. The molecule has 0 saturated carbocycles. The lowest BCUT2D eigenvalue weighted by atomic mass is 10.1. The van der Waals surface area contributed by atoms with Crippen molar-refractivity contribution in [1.82, 2.24) is 0 Å². The molecule has 0 atom stereocenters. The molecule has 3 rings (SSSR count). The summed E-state index contributed by atoms with van der Waals surface area (Å²) >= 11 is 5.96. The van der Waals surface area contributed by atoms with Gasteiger partial charge in [0.1, 0.15) is 5.75 Å². The van der Waals surface area contributed by atoms with E-state index in [0.29, 0.717) is 29.4 Å². The Morgan fingerprint density at radius 1 is 1.14 bits per heavy atom. The van der Waals surface area contributed by atoms with E-state index in [2.05, 4.69) is 4.99 Å². The fourth-order valence-electron chi connectivity index (χ4n) is 2.34. The zero-order valence-corrected chi connectivity index (χ0v) is 11.9. The molecule has 0 spiro atoms. The van der Waals surface area contributed by atoms with Gasteiger partial charge in [0.15, 0.2) is 0 Å². The fourth-order valence-corrected chi connectivity index (χ4v) is 2.53. The number of urea groups is 1. The number of phenols is 1. The molecule has 0 unspecified atom stereocenters. The van der Waals surface area contributed by atoms with Gasteiger partial charge in [0.05, 0.1) is 11.4 Å². The molecule has 5 heteroatoms. The lowest BCUT2D eigenvalue weighted by Crippen LogP contribution is -2.35. The normalized spacial score (nSPS) is 15.0. The number of rotatable bonds is 2. The number of hydrogen-bond donors (Lipinski definition) is 1. The van der Waals surface area contributed by atoms with Crippen molar-refractivity contribution >= 4 is 29.0 Å². The molecule has 1 N–H and O–H groups in total. The van der Waals surface area contributed by atoms with Crippen molar-refractivity contribution in [2.24, 2.45) is 4.99 Å². The van der Waals surface area contributed by atoms with Crippen LogP contribution in [0.3, 0.4) is 0 Å². The Morgan fingerprint density at radius 2 is 1.95 bits per heavy atom. The van der Waals surface area contributed by atoms with Gasteiger partial charge < -0.3 is 5.11 Å². The third kappa shape index (κ3) is 2.76. The first-order chi connectivity index (χ1) is 10.1. The van der Waals surface area contributed by atoms with E-state index in [0.717, 1.165) is 5.56 Å². The van der Waals surface area contributed by atoms with E-state index in [1.807, 2.05) is 12.1 Å². The number of nitrogens with zero attached hydrogens (tertiary/aromatic N) is 2. The van der Waals surface area contributed by atoms with E-state index >= 15 is 0 Å². The van der Waals surface area contributed by atoms with Crippen LogP contribution in [0.2, 0.25) is 5.02 Å². The molecule has 2 aromatic rings. The van der Waals surface area contributed by atoms with Crippen LogP contribution in [0.25, 0.3) is 0 Å². The van der Waals surface area contributed by atoms with Crippen LogP contribution in [0.4, 0.5) is 10.5 Å². The number of carbonyl (C=O) groups excluding carboxylic acids is 1. The van der Waals surface area contributed by atoms with Gasteiger partial charge >= 0.3 is 6.03 Å². The van der Waals surface area contributed by atoms with Crippen LogP contribution in [0.5, 0.6) is 5.75 Å². The van der Waals surface area contributed by atoms with E-state index in [1.165, 1.54) is 4.90 Å². The number of amides is 2. The number of hydrogen-bond acceptors (Lipinski definition) is 2. The Bertz CT molecular complexity index is 728. The summed E-state index contributed by atoms with van der Waals surface area (Å²) in [5.74, 6) is 0.0762. The Morgan fingerprint density at radius 3 is 2.67 bits per heavy atom. The molecule has 1 heterocycles. The van der Waals surface area contributed by atoms with Gasteiger partial charge in [0.25, 0.3) is 0 Å². The second kappa shape index (κ2) is 5.58. The molecule has 106 valence electrons. The lowest BCUT2D eigenvalue weighted by molar-refractivity contribution is 0.253. The Labute approximate surface area is 127 Å². The maximum Gasteiger partial charge on any atom is 0.348 e. The number of aliphatic imine (C=N–C) groups is 1. The molecule has 2 aromatic carbocycles. The highest BCUT2D eigenvalue weighted by atomic mass is 35.5. The van der Waals surface area contributed by atoms with Gasteiger partial charge in [-0.2, -0.15) is 4.99 Å². The molecule has 1 aliphatic heterocycles. The van der Waals surface area contributed by atoms with E-state index < -0.39 is 0 Å². The minimum Gasteiger partial charge on any atom is -0.506 e. The summed E-state index contributed by atoms with van der Waals surface area (Å²) in [6.07, 6.45) is 0.612. The van der Waals surface area contributed by atoms with Crippen molar-refractivity contribution in [2.75, 3.05) is 11.4 Å². The summed E-state index contributed by atoms with van der Waals surface area (Å²) in [6.45, 7) is 0.474. The summed E-state index contributed by atoms with van der Waals surface area (Å²) < 4.78 is 0. The van der Waals surface area contributed by atoms with Gasteiger partial charge in [-0.1, -0.05) is 35.9 Å². The third-order valence-electron chi connectivity index (χ3n) is 3.36. The number of para-hydroxylation sites is 2. The lowest BCUT2D eigenvalue weighted by Gasteiger charge is -2.26. The highest BCUT2D eigenvalue weighted by molar-refractivity contribution is 6.31. The molecular weight excluding hydrogens is 288 g/mol. The maximum atomic E-state index is 12.2. The number of benzene rings is 2. The Balaban J connectivity index is 1.90. The van der Waals surface area contributed by atoms with Crippen LogP contribution >= 0.6 is 11.6 Å². The maximum absolute atomic E-state index is 12.2. The fraction of sp³-hybridized carbons (Fsp3) is 0.125. The number of anilines is 1. The predicted molar refractivity (Wildman–Crippen MR) is 83.5 cm³/mol. The van der Waals surface area contributed by atoms with Gasteiger partial charge in [-0.25, -0.2) is 4.79 Å². The molecule has 0 aromatic heterocycles. The van der Waals surface area contributed by atoms with E-state index in [-0.39, 0.29) is 11.8 Å². The molecule has 21 heavy (non-hydrogen) atoms. The summed E-state index contributed by atoms with van der Waals surface area (Å²) in [7, 11) is 0. The van der Waals surface area contributed by atoms with Crippen LogP contribution in [-0.2, 0) is 0 Å². The van der Waals surface area contributed by atoms with Crippen molar-refractivity contribution in [3.05, 3.63) is 59.1 Å². The van der Waals surface area contributed by atoms with Gasteiger partial charge in [0.2, 0.25) is 0 Å². The third-order valence-corrected chi connectivity index (χ3v) is 3.60. The molecule has 1 aliphatic rings. The zero-order valence-electron chi connectivity index (χ0n) is 11.2. The molecular formula is C16H13ClN2O2. The van der Waals surface area contributed by atoms with Crippen LogP contribution in [0, 0.1) is 0 Å². The number of halogens is 1. The average Bonchev–Trinajstić information content (AvgIpc) is 2.48. The second-order valence-electron chi connectivity index (χ2n) is 4.74. The Hall–Kier alpha value is -2.33. The minimum absolute atomic E-state index is 0.0762. The molecule has 0 bridgehead atoms. The van der Waals surface area contributed by atoms with Crippen molar-refractivity contribution in [3.63, 3.8) is 0 Å². The van der Waals surface area contributed by atoms with Gasteiger partial charge in [-0.05, 0) is 29.8 Å². The molecule has 0 saturated heterocycles. The minimum atomic E-state index is -0.377. The molecule has 0 fully saturated rings. The molecule has 4 nitrogen and oxygen atoms in total. The van der Waals surface area contributed by atoms with Crippen LogP contribution < -0.4 is 4.90 Å². The first-order valence-electron chi connectivity index (χ1n) is 6.58. The van der Waals surface area contributed by atoms with Crippen molar-refractivity contribution in [1.29, 1.82) is 0 Å². The standard InChI is InChI=1S/C16H13ClN2O2/c17-12-5-3-4-11(10-12)13-8-9-19(16(21)18-13)14-6-1-2-7-15(14)20/h1-7,10,20H,8-9H2. The summed E-state index contributed by atoms with van der Waals surface area (Å²) in [5, 5.41) is 10.5. The van der Waals surface area contributed by atoms with E-state index in [1.54, 1.807) is 36.4 Å². The SMILES string of the molecule is O=C1N=C(c2cccc(Cl)c2)CCN1c1ccccc1O. The molecule has 0 aliphatic carbocycles. The smallest absolute Gasteiger partial charge is 0.348 e. The average molecular weight is 301 g/mol. The summed E-state index contributed by atoms with van der Waals surface area (Å²) in [5.41, 5.74) is 2.05. The van der Waals surface area contributed by atoms with Gasteiger partial charge in [-0.15, -0.1) is 0 Å². The monoisotopic (exact) mass is 300 g/mol. The second-order valence-corrected chi connectivity index (χ2v) is 5.18.